The second kappa shape index (κ2) is 10.2. The van der Waals surface area contributed by atoms with Gasteiger partial charge in [-0.15, -0.1) is 0 Å². The molecule has 0 bridgehead atoms. The molecule has 0 heterocycles. The van der Waals surface area contributed by atoms with Gasteiger partial charge in [0.25, 0.3) is 0 Å². The number of benzene rings is 2. The van der Waals surface area contributed by atoms with Gasteiger partial charge in [0.1, 0.15) is 19.0 Å². The molecule has 31 heavy (non-hydrogen) atoms. The lowest BCUT2D eigenvalue weighted by atomic mass is 9.91. The van der Waals surface area contributed by atoms with E-state index in [1.807, 2.05) is 6.07 Å². The molecule has 1 aliphatic rings. The summed E-state index contributed by atoms with van der Waals surface area (Å²) in [7, 11) is 0. The van der Waals surface area contributed by atoms with E-state index < -0.39 is 24.3 Å². The highest BCUT2D eigenvalue weighted by atomic mass is 127. The number of carbonyl (C=O) groups is 1. The Morgan fingerprint density at radius 3 is 2.42 bits per heavy atom. The zero-order chi connectivity index (χ0) is 22.6. The average Bonchev–Trinajstić information content (AvgIpc) is 3.54. The van der Waals surface area contributed by atoms with E-state index in [1.54, 1.807) is 13.0 Å². The molecule has 8 heteroatoms. The van der Waals surface area contributed by atoms with Gasteiger partial charge in [-0.3, -0.25) is 4.79 Å². The van der Waals surface area contributed by atoms with Crippen molar-refractivity contribution in [1.29, 1.82) is 0 Å². The van der Waals surface area contributed by atoms with E-state index in [-0.39, 0.29) is 19.2 Å². The van der Waals surface area contributed by atoms with E-state index in [0.717, 1.165) is 25.0 Å². The quantitative estimate of drug-likeness (QED) is 0.197. The minimum absolute atomic E-state index is 0.195. The van der Waals surface area contributed by atoms with Crippen LogP contribution in [0.25, 0.3) is 11.1 Å². The number of rotatable bonds is 9. The highest BCUT2D eigenvalue weighted by molar-refractivity contribution is 14.1. The van der Waals surface area contributed by atoms with Crippen molar-refractivity contribution in [2.75, 3.05) is 19.9 Å². The molecule has 1 aliphatic carbocycles. The van der Waals surface area contributed by atoms with Gasteiger partial charge in [0.05, 0.1) is 18.1 Å². The summed E-state index contributed by atoms with van der Waals surface area (Å²) in [4.78, 5) is 12.6. The van der Waals surface area contributed by atoms with E-state index in [0.29, 0.717) is 38.3 Å². The molecule has 0 radical (unpaired) electrons. The van der Waals surface area contributed by atoms with Crippen LogP contribution in [0.5, 0.6) is 5.75 Å². The lowest BCUT2D eigenvalue weighted by Gasteiger charge is -2.20. The number of halogens is 5. The van der Waals surface area contributed by atoms with Gasteiger partial charge in [-0.2, -0.15) is 13.2 Å². The Kier molecular flexibility index (Phi) is 7.82. The third-order valence-corrected chi connectivity index (χ3v) is 6.00. The molecule has 0 aromatic heterocycles. The maximum Gasteiger partial charge on any atom is 0.416 e. The first-order chi connectivity index (χ1) is 14.7. The number of hydrogen-bond donors (Lipinski definition) is 0. The summed E-state index contributed by atoms with van der Waals surface area (Å²) in [6, 6.07) is 8.28. The Balaban J connectivity index is 2.02. The summed E-state index contributed by atoms with van der Waals surface area (Å²) >= 11 is 2.07. The van der Waals surface area contributed by atoms with Crippen LogP contribution in [0, 0.1) is 9.49 Å². The molecule has 2 aromatic carbocycles. The molecule has 168 valence electrons. The molecule has 3 nitrogen and oxygen atoms in total. The minimum Gasteiger partial charge on any atom is -0.490 e. The van der Waals surface area contributed by atoms with E-state index in [2.05, 4.69) is 22.6 Å². The topological polar surface area (TPSA) is 35.5 Å². The van der Waals surface area contributed by atoms with E-state index in [9.17, 15) is 22.4 Å². The van der Waals surface area contributed by atoms with Crippen molar-refractivity contribution in [1.82, 2.24) is 0 Å². The van der Waals surface area contributed by atoms with Gasteiger partial charge in [-0.25, -0.2) is 4.39 Å². The molecule has 0 aliphatic heterocycles. The molecule has 1 unspecified atom stereocenters. The third-order valence-electron chi connectivity index (χ3n) is 5.15. The molecule has 0 spiro atoms. The fourth-order valence-corrected chi connectivity index (χ4v) is 4.41. The third kappa shape index (κ3) is 6.11. The molecule has 2 aromatic rings. The van der Waals surface area contributed by atoms with Crippen molar-refractivity contribution >= 4 is 28.6 Å². The minimum atomic E-state index is -4.43. The predicted molar refractivity (Wildman–Crippen MR) is 118 cm³/mol. The average molecular weight is 550 g/mol. The summed E-state index contributed by atoms with van der Waals surface area (Å²) in [5.41, 5.74) is 1.05. The number of carbonyl (C=O) groups excluding carboxylic acids is 1. The molecular formula is C23H23F4IO3. The molecule has 1 fully saturated rings. The maximum absolute atomic E-state index is 12.9. The molecule has 0 N–H and O–H groups in total. The van der Waals surface area contributed by atoms with Gasteiger partial charge in [0, 0.05) is 9.13 Å². The zero-order valence-electron chi connectivity index (χ0n) is 17.0. The maximum atomic E-state index is 12.9. The monoisotopic (exact) mass is 550 g/mol. The van der Waals surface area contributed by atoms with Crippen molar-refractivity contribution in [2.24, 2.45) is 5.92 Å². The standard InChI is InChI=1S/C23H23F4IO3/c1-2-30-22(29)18(11-14-3-4-14)16-12-19(28)21(20(13-16)31-10-9-24)15-5-7-17(8-6-15)23(25,26)27/h5-8,12-14,18H,2-4,9-11H2,1H3. The number of hydrogen-bond acceptors (Lipinski definition) is 3. The predicted octanol–water partition coefficient (Wildman–Crippen LogP) is 6.77. The number of alkyl halides is 4. The van der Waals surface area contributed by atoms with Gasteiger partial charge < -0.3 is 9.47 Å². The second-order valence-electron chi connectivity index (χ2n) is 7.47. The van der Waals surface area contributed by atoms with Crippen LogP contribution in [0.3, 0.4) is 0 Å². The van der Waals surface area contributed by atoms with Gasteiger partial charge in [-0.05, 0) is 77.2 Å². The Morgan fingerprint density at radius 1 is 1.19 bits per heavy atom. The summed E-state index contributed by atoms with van der Waals surface area (Å²) in [6.07, 6.45) is -1.63. The summed E-state index contributed by atoms with van der Waals surface area (Å²) < 4.78 is 63.2. The largest absolute Gasteiger partial charge is 0.490 e. The lowest BCUT2D eigenvalue weighted by Crippen LogP contribution is -2.17. The fraction of sp³-hybridized carbons (Fsp3) is 0.435. The van der Waals surface area contributed by atoms with Crippen LogP contribution in [-0.4, -0.2) is 25.9 Å². The highest BCUT2D eigenvalue weighted by Gasteiger charge is 2.33. The molecular weight excluding hydrogens is 527 g/mol. The van der Waals surface area contributed by atoms with Crippen molar-refractivity contribution in [3.05, 3.63) is 51.1 Å². The van der Waals surface area contributed by atoms with Crippen molar-refractivity contribution < 1.29 is 31.8 Å². The highest BCUT2D eigenvalue weighted by Crippen LogP contribution is 2.43. The van der Waals surface area contributed by atoms with E-state index >= 15 is 0 Å². The first-order valence-electron chi connectivity index (χ1n) is 10.1. The molecule has 1 atom stereocenters. The normalized spacial score (nSPS) is 14.9. The van der Waals surface area contributed by atoms with Gasteiger partial charge in [0.15, 0.2) is 0 Å². The Bertz CT molecular complexity index is 908. The SMILES string of the molecule is CCOC(=O)C(CC1CC1)c1cc(I)c(-c2ccc(C(F)(F)F)cc2)c(OCCF)c1. The van der Waals surface area contributed by atoms with E-state index in [1.165, 1.54) is 12.1 Å². The molecule has 0 saturated heterocycles. The Labute approximate surface area is 192 Å². The summed E-state index contributed by atoms with van der Waals surface area (Å²) in [5, 5.41) is 0. The van der Waals surface area contributed by atoms with Gasteiger partial charge in [-0.1, -0.05) is 25.0 Å². The zero-order valence-corrected chi connectivity index (χ0v) is 19.1. The van der Waals surface area contributed by atoms with Crippen LogP contribution in [-0.2, 0) is 15.7 Å². The van der Waals surface area contributed by atoms with Crippen LogP contribution >= 0.6 is 22.6 Å². The second-order valence-corrected chi connectivity index (χ2v) is 8.63. The van der Waals surface area contributed by atoms with Gasteiger partial charge >= 0.3 is 12.1 Å². The van der Waals surface area contributed by atoms with E-state index in [4.69, 9.17) is 9.47 Å². The van der Waals surface area contributed by atoms with Crippen LogP contribution in [0.4, 0.5) is 17.6 Å². The summed E-state index contributed by atoms with van der Waals surface area (Å²) in [5.74, 6) is 0.0283. The smallest absolute Gasteiger partial charge is 0.416 e. The first kappa shape index (κ1) is 23.8. The van der Waals surface area contributed by atoms with Crippen LogP contribution < -0.4 is 4.74 Å². The first-order valence-corrected chi connectivity index (χ1v) is 11.2. The number of ether oxygens (including phenoxy) is 2. The Hall–Kier alpha value is -1.84. The summed E-state index contributed by atoms with van der Waals surface area (Å²) in [6.45, 7) is 1.11. The fourth-order valence-electron chi connectivity index (χ4n) is 3.47. The van der Waals surface area contributed by atoms with Gasteiger partial charge in [0.2, 0.25) is 0 Å². The lowest BCUT2D eigenvalue weighted by molar-refractivity contribution is -0.145. The van der Waals surface area contributed by atoms with Crippen molar-refractivity contribution in [3.63, 3.8) is 0 Å². The molecule has 0 amide bonds. The van der Waals surface area contributed by atoms with Crippen LogP contribution in [0.1, 0.15) is 43.2 Å². The molecule has 1 saturated carbocycles. The van der Waals surface area contributed by atoms with Crippen LogP contribution in [0.15, 0.2) is 36.4 Å². The Morgan fingerprint density at radius 2 is 1.87 bits per heavy atom. The van der Waals surface area contributed by atoms with Crippen molar-refractivity contribution in [2.45, 2.75) is 38.3 Å². The van der Waals surface area contributed by atoms with Crippen LogP contribution in [0.2, 0.25) is 0 Å². The van der Waals surface area contributed by atoms with Crippen molar-refractivity contribution in [3.8, 4) is 16.9 Å². The number of esters is 1. The molecule has 3 rings (SSSR count).